The minimum Gasteiger partial charge on any atom is -0.466 e. The summed E-state index contributed by atoms with van der Waals surface area (Å²) in [5.74, 6) is -1.32. The van der Waals surface area contributed by atoms with Crippen LogP contribution in [0.15, 0.2) is 12.2 Å². The molecule has 0 aromatic heterocycles. The van der Waals surface area contributed by atoms with Crippen molar-refractivity contribution in [3.05, 3.63) is 12.2 Å². The van der Waals surface area contributed by atoms with Crippen molar-refractivity contribution in [3.63, 3.8) is 0 Å². The molecule has 2 amide bonds. The standard InChI is InChI=1S/C13H22N2O5/c1-9(14-12(18)15-13(2,3)4)8-20-11(17)7-6-10(16)19-5/h6-7,9H,8H2,1-5H3,(H2,14,15,18)/b7-6+. The number of hydrogen-bond acceptors (Lipinski definition) is 5. The fourth-order valence-corrected chi connectivity index (χ4v) is 1.10. The first-order valence-electron chi connectivity index (χ1n) is 6.15. The van der Waals surface area contributed by atoms with Gasteiger partial charge >= 0.3 is 18.0 Å². The van der Waals surface area contributed by atoms with Crippen molar-refractivity contribution < 1.29 is 23.9 Å². The Morgan fingerprint density at radius 1 is 1.15 bits per heavy atom. The highest BCUT2D eigenvalue weighted by Crippen LogP contribution is 1.98. The Labute approximate surface area is 118 Å². The van der Waals surface area contributed by atoms with E-state index in [-0.39, 0.29) is 24.2 Å². The van der Waals surface area contributed by atoms with E-state index < -0.39 is 11.9 Å². The van der Waals surface area contributed by atoms with E-state index in [1.165, 1.54) is 7.11 Å². The number of esters is 2. The topological polar surface area (TPSA) is 93.7 Å². The third-order valence-electron chi connectivity index (χ3n) is 1.90. The molecule has 7 heteroatoms. The molecule has 0 aliphatic rings. The summed E-state index contributed by atoms with van der Waals surface area (Å²) < 4.78 is 9.18. The van der Waals surface area contributed by atoms with Crippen LogP contribution < -0.4 is 10.6 Å². The first-order chi connectivity index (χ1) is 9.14. The zero-order chi connectivity index (χ0) is 15.8. The minimum absolute atomic E-state index is 0.00189. The van der Waals surface area contributed by atoms with Crippen LogP contribution in [-0.4, -0.2) is 43.3 Å². The quantitative estimate of drug-likeness (QED) is 0.574. The highest BCUT2D eigenvalue weighted by Gasteiger charge is 2.15. The second kappa shape index (κ2) is 8.19. The van der Waals surface area contributed by atoms with E-state index in [0.717, 1.165) is 12.2 Å². The molecule has 1 unspecified atom stereocenters. The minimum atomic E-state index is -0.680. The average molecular weight is 286 g/mol. The predicted octanol–water partition coefficient (Wildman–Crippen LogP) is 0.745. The lowest BCUT2D eigenvalue weighted by Crippen LogP contribution is -2.49. The van der Waals surface area contributed by atoms with Crippen LogP contribution in [0.25, 0.3) is 0 Å². The van der Waals surface area contributed by atoms with E-state index in [0.29, 0.717) is 0 Å². The number of carbonyl (C=O) groups is 3. The van der Waals surface area contributed by atoms with Crippen LogP contribution in [0.4, 0.5) is 4.79 Å². The summed E-state index contributed by atoms with van der Waals surface area (Å²) in [4.78, 5) is 33.5. The monoisotopic (exact) mass is 286 g/mol. The Kier molecular flexibility index (Phi) is 7.35. The van der Waals surface area contributed by atoms with Crippen molar-refractivity contribution >= 4 is 18.0 Å². The van der Waals surface area contributed by atoms with Gasteiger partial charge in [-0.15, -0.1) is 0 Å². The number of urea groups is 1. The van der Waals surface area contributed by atoms with Crippen molar-refractivity contribution in [1.29, 1.82) is 0 Å². The molecule has 0 rings (SSSR count). The number of amides is 2. The van der Waals surface area contributed by atoms with Crippen molar-refractivity contribution in [1.82, 2.24) is 10.6 Å². The van der Waals surface area contributed by atoms with Gasteiger partial charge in [0, 0.05) is 17.7 Å². The van der Waals surface area contributed by atoms with E-state index >= 15 is 0 Å². The third kappa shape index (κ3) is 9.93. The van der Waals surface area contributed by atoms with Crippen molar-refractivity contribution in [3.8, 4) is 0 Å². The summed E-state index contributed by atoms with van der Waals surface area (Å²) in [5, 5.41) is 5.34. The Morgan fingerprint density at radius 2 is 1.70 bits per heavy atom. The molecular formula is C13H22N2O5. The smallest absolute Gasteiger partial charge is 0.331 e. The maximum absolute atomic E-state index is 11.5. The third-order valence-corrected chi connectivity index (χ3v) is 1.90. The van der Waals surface area contributed by atoms with Crippen molar-refractivity contribution in [2.24, 2.45) is 0 Å². The maximum Gasteiger partial charge on any atom is 0.331 e. The van der Waals surface area contributed by atoms with Gasteiger partial charge in [-0.05, 0) is 27.7 Å². The van der Waals surface area contributed by atoms with Gasteiger partial charge in [0.2, 0.25) is 0 Å². The molecule has 0 saturated heterocycles. The van der Waals surface area contributed by atoms with Crippen LogP contribution in [0.3, 0.4) is 0 Å². The van der Waals surface area contributed by atoms with Crippen LogP contribution >= 0.6 is 0 Å². The van der Waals surface area contributed by atoms with Gasteiger partial charge in [-0.3, -0.25) is 0 Å². The average Bonchev–Trinajstić information content (AvgIpc) is 2.30. The van der Waals surface area contributed by atoms with Crippen LogP contribution in [0.2, 0.25) is 0 Å². The molecule has 0 aromatic rings. The normalized spacial score (nSPS) is 12.7. The second-order valence-corrected chi connectivity index (χ2v) is 5.24. The molecule has 0 bridgehead atoms. The van der Waals surface area contributed by atoms with E-state index in [9.17, 15) is 14.4 Å². The summed E-state index contributed by atoms with van der Waals surface area (Å²) >= 11 is 0. The summed E-state index contributed by atoms with van der Waals surface area (Å²) in [5.41, 5.74) is -0.344. The molecule has 0 saturated carbocycles. The SMILES string of the molecule is COC(=O)/C=C/C(=O)OCC(C)NC(=O)NC(C)(C)C. The van der Waals surface area contributed by atoms with E-state index in [1.807, 2.05) is 20.8 Å². The highest BCUT2D eigenvalue weighted by atomic mass is 16.5. The van der Waals surface area contributed by atoms with Gasteiger partial charge in [-0.1, -0.05) is 0 Å². The van der Waals surface area contributed by atoms with E-state index in [4.69, 9.17) is 4.74 Å². The Balaban J connectivity index is 4.02. The summed E-state index contributed by atoms with van der Waals surface area (Å²) in [7, 11) is 1.21. The molecule has 0 spiro atoms. The van der Waals surface area contributed by atoms with Crippen LogP contribution in [0.5, 0.6) is 0 Å². The molecular weight excluding hydrogens is 264 g/mol. The molecule has 0 fully saturated rings. The number of carbonyl (C=O) groups excluding carboxylic acids is 3. The second-order valence-electron chi connectivity index (χ2n) is 5.24. The lowest BCUT2D eigenvalue weighted by atomic mass is 10.1. The van der Waals surface area contributed by atoms with Gasteiger partial charge in [-0.2, -0.15) is 0 Å². The van der Waals surface area contributed by atoms with Crippen LogP contribution in [-0.2, 0) is 19.1 Å². The lowest BCUT2D eigenvalue weighted by Gasteiger charge is -2.22. The zero-order valence-electron chi connectivity index (χ0n) is 12.5. The van der Waals surface area contributed by atoms with E-state index in [1.54, 1.807) is 6.92 Å². The van der Waals surface area contributed by atoms with Gasteiger partial charge in [-0.25, -0.2) is 14.4 Å². The molecule has 0 aliphatic heterocycles. The number of ether oxygens (including phenoxy) is 2. The van der Waals surface area contributed by atoms with Crippen LogP contribution in [0.1, 0.15) is 27.7 Å². The van der Waals surface area contributed by atoms with Gasteiger partial charge in [0.05, 0.1) is 13.2 Å². The first-order valence-corrected chi connectivity index (χ1v) is 6.15. The fourth-order valence-electron chi connectivity index (χ4n) is 1.10. The van der Waals surface area contributed by atoms with Crippen molar-refractivity contribution in [2.45, 2.75) is 39.3 Å². The summed E-state index contributed by atoms with van der Waals surface area (Å²) in [6, 6.07) is -0.695. The number of methoxy groups -OCH3 is 1. The number of hydrogen-bond donors (Lipinski definition) is 2. The Morgan fingerprint density at radius 3 is 2.20 bits per heavy atom. The molecule has 7 nitrogen and oxygen atoms in total. The summed E-state index contributed by atoms with van der Waals surface area (Å²) in [6.07, 6.45) is 1.93. The predicted molar refractivity (Wildman–Crippen MR) is 73.0 cm³/mol. The summed E-state index contributed by atoms with van der Waals surface area (Å²) in [6.45, 7) is 7.26. The fraction of sp³-hybridized carbons (Fsp3) is 0.615. The molecule has 0 aromatic carbocycles. The van der Waals surface area contributed by atoms with Crippen molar-refractivity contribution in [2.75, 3.05) is 13.7 Å². The van der Waals surface area contributed by atoms with Gasteiger partial charge in [0.15, 0.2) is 0 Å². The molecule has 114 valence electrons. The maximum atomic E-state index is 11.5. The van der Waals surface area contributed by atoms with Gasteiger partial charge < -0.3 is 20.1 Å². The Hall–Kier alpha value is -2.05. The number of rotatable bonds is 5. The molecule has 1 atom stereocenters. The molecule has 0 heterocycles. The largest absolute Gasteiger partial charge is 0.466 e. The Bertz CT molecular complexity index is 385. The lowest BCUT2D eigenvalue weighted by molar-refractivity contribution is -0.139. The highest BCUT2D eigenvalue weighted by molar-refractivity contribution is 5.91. The van der Waals surface area contributed by atoms with Crippen LogP contribution in [0, 0.1) is 0 Å². The van der Waals surface area contributed by atoms with Gasteiger partial charge in [0.1, 0.15) is 6.61 Å². The van der Waals surface area contributed by atoms with Gasteiger partial charge in [0.25, 0.3) is 0 Å². The molecule has 20 heavy (non-hydrogen) atoms. The first kappa shape index (κ1) is 17.9. The molecule has 0 aliphatic carbocycles. The number of nitrogens with one attached hydrogen (secondary N) is 2. The molecule has 0 radical (unpaired) electrons. The molecule has 2 N–H and O–H groups in total. The van der Waals surface area contributed by atoms with E-state index in [2.05, 4.69) is 15.4 Å². The zero-order valence-corrected chi connectivity index (χ0v) is 12.5.